The molecule has 37 heavy (non-hydrogen) atoms. The molecular formula is C28H25FN4O3S. The lowest BCUT2D eigenvalue weighted by Crippen LogP contribution is -2.42. The van der Waals surface area contributed by atoms with Gasteiger partial charge in [0.15, 0.2) is 0 Å². The van der Waals surface area contributed by atoms with E-state index in [1.807, 2.05) is 48.5 Å². The van der Waals surface area contributed by atoms with Crippen molar-refractivity contribution in [2.75, 3.05) is 6.61 Å². The molecule has 9 heteroatoms. The van der Waals surface area contributed by atoms with Gasteiger partial charge in [-0.1, -0.05) is 18.2 Å². The minimum absolute atomic E-state index is 0.163. The number of nitrogens with zero attached hydrogens (tertiary/aromatic N) is 3. The molecule has 0 radical (unpaired) electrons. The van der Waals surface area contributed by atoms with Crippen LogP contribution in [-0.4, -0.2) is 41.1 Å². The van der Waals surface area contributed by atoms with Crippen LogP contribution in [0.5, 0.6) is 5.75 Å². The summed E-state index contributed by atoms with van der Waals surface area (Å²) in [6, 6.07) is 21.1. The largest absolute Gasteiger partial charge is 0.492 e. The SMILES string of the molecule is O=S(=O)(NC(COc1ccc2c(cnn2-c2ccc(F)cc2)c1)Cc1cnc2ccccc2c1)C1CC1. The monoisotopic (exact) mass is 516 g/mol. The zero-order valence-corrected chi connectivity index (χ0v) is 20.7. The van der Waals surface area contributed by atoms with Crippen molar-refractivity contribution in [2.24, 2.45) is 0 Å². The average Bonchev–Trinajstić information content (AvgIpc) is 3.69. The fourth-order valence-corrected chi connectivity index (χ4v) is 6.01. The van der Waals surface area contributed by atoms with Crippen LogP contribution in [-0.2, 0) is 16.4 Å². The van der Waals surface area contributed by atoms with Gasteiger partial charge in [0.25, 0.3) is 0 Å². The predicted octanol–water partition coefficient (Wildman–Crippen LogP) is 4.78. The van der Waals surface area contributed by atoms with Gasteiger partial charge in [-0.2, -0.15) is 5.10 Å². The van der Waals surface area contributed by atoms with Crippen molar-refractivity contribution >= 4 is 31.8 Å². The maximum absolute atomic E-state index is 13.3. The van der Waals surface area contributed by atoms with Crippen molar-refractivity contribution < 1.29 is 17.5 Å². The number of halogens is 1. The van der Waals surface area contributed by atoms with Crippen LogP contribution in [0.1, 0.15) is 18.4 Å². The molecular weight excluding hydrogens is 491 g/mol. The maximum Gasteiger partial charge on any atom is 0.214 e. The number of pyridine rings is 1. The molecule has 2 heterocycles. The van der Waals surface area contributed by atoms with Crippen LogP contribution in [0.2, 0.25) is 0 Å². The van der Waals surface area contributed by atoms with Gasteiger partial charge >= 0.3 is 0 Å². The van der Waals surface area contributed by atoms with E-state index in [1.54, 1.807) is 29.2 Å². The van der Waals surface area contributed by atoms with Crippen LogP contribution in [0.25, 0.3) is 27.5 Å². The number of fused-ring (bicyclic) bond motifs is 2. The summed E-state index contributed by atoms with van der Waals surface area (Å²) in [6.45, 7) is 0.163. The second-order valence-electron chi connectivity index (χ2n) is 9.36. The maximum atomic E-state index is 13.3. The van der Waals surface area contributed by atoms with E-state index >= 15 is 0 Å². The topological polar surface area (TPSA) is 86.1 Å². The zero-order valence-electron chi connectivity index (χ0n) is 19.9. The van der Waals surface area contributed by atoms with Gasteiger partial charge in [-0.25, -0.2) is 22.2 Å². The number of ether oxygens (including phenoxy) is 1. The molecule has 2 aromatic heterocycles. The van der Waals surface area contributed by atoms with E-state index in [9.17, 15) is 12.8 Å². The lowest BCUT2D eigenvalue weighted by atomic mass is 10.1. The number of para-hydroxylation sites is 1. The lowest BCUT2D eigenvalue weighted by Gasteiger charge is -2.20. The second kappa shape index (κ2) is 9.57. The van der Waals surface area contributed by atoms with Crippen molar-refractivity contribution in [3.8, 4) is 11.4 Å². The number of sulfonamides is 1. The van der Waals surface area contributed by atoms with E-state index in [-0.39, 0.29) is 17.7 Å². The number of rotatable bonds is 9. The molecule has 188 valence electrons. The Morgan fingerprint density at radius 3 is 2.62 bits per heavy atom. The minimum atomic E-state index is -3.41. The van der Waals surface area contributed by atoms with Crippen LogP contribution >= 0.6 is 0 Å². The van der Waals surface area contributed by atoms with Crippen LogP contribution in [0.15, 0.2) is 85.2 Å². The molecule has 7 nitrogen and oxygen atoms in total. The Kier molecular flexibility index (Phi) is 6.10. The molecule has 0 bridgehead atoms. The highest BCUT2D eigenvalue weighted by molar-refractivity contribution is 7.90. The summed E-state index contributed by atoms with van der Waals surface area (Å²) >= 11 is 0. The first kappa shape index (κ1) is 23.6. The molecule has 1 N–H and O–H groups in total. The normalized spacial score (nSPS) is 14.7. The third-order valence-corrected chi connectivity index (χ3v) is 8.50. The van der Waals surface area contributed by atoms with E-state index in [0.717, 1.165) is 33.1 Å². The molecule has 0 saturated heterocycles. The quantitative estimate of drug-likeness (QED) is 0.305. The van der Waals surface area contributed by atoms with Crippen LogP contribution < -0.4 is 9.46 Å². The molecule has 0 amide bonds. The number of aromatic nitrogens is 3. The Hall–Kier alpha value is -3.82. The fourth-order valence-electron chi connectivity index (χ4n) is 4.44. The van der Waals surface area contributed by atoms with Crippen LogP contribution in [0, 0.1) is 5.82 Å². The second-order valence-corrected chi connectivity index (χ2v) is 11.4. The highest BCUT2D eigenvalue weighted by Gasteiger charge is 2.37. The molecule has 3 aromatic carbocycles. The van der Waals surface area contributed by atoms with Crippen molar-refractivity contribution in [3.05, 3.63) is 96.6 Å². The number of benzene rings is 3. The fraction of sp³-hybridized carbons (Fsp3) is 0.214. The van der Waals surface area contributed by atoms with Gasteiger partial charge < -0.3 is 4.74 Å². The minimum Gasteiger partial charge on any atom is -0.492 e. The summed E-state index contributed by atoms with van der Waals surface area (Å²) in [5.41, 5.74) is 3.43. The van der Waals surface area contributed by atoms with Gasteiger partial charge in [-0.3, -0.25) is 4.98 Å². The molecule has 0 spiro atoms. The van der Waals surface area contributed by atoms with Gasteiger partial charge in [-0.05, 0) is 79.4 Å². The average molecular weight is 517 g/mol. The molecule has 1 unspecified atom stereocenters. The van der Waals surface area contributed by atoms with Crippen molar-refractivity contribution in [1.82, 2.24) is 19.5 Å². The first-order valence-electron chi connectivity index (χ1n) is 12.2. The van der Waals surface area contributed by atoms with Crippen LogP contribution in [0.3, 0.4) is 0 Å². The number of hydrogen-bond donors (Lipinski definition) is 1. The Morgan fingerprint density at radius 1 is 1.00 bits per heavy atom. The smallest absolute Gasteiger partial charge is 0.214 e. The first-order valence-corrected chi connectivity index (χ1v) is 13.7. The van der Waals surface area contributed by atoms with E-state index in [4.69, 9.17) is 4.74 Å². The highest BCUT2D eigenvalue weighted by atomic mass is 32.2. The van der Waals surface area contributed by atoms with E-state index in [2.05, 4.69) is 14.8 Å². The highest BCUT2D eigenvalue weighted by Crippen LogP contribution is 2.28. The molecule has 1 aliphatic rings. The van der Waals surface area contributed by atoms with Crippen LogP contribution in [0.4, 0.5) is 4.39 Å². The number of nitrogens with one attached hydrogen (secondary N) is 1. The molecule has 5 aromatic rings. The Balaban J connectivity index is 1.21. The predicted molar refractivity (Wildman–Crippen MR) is 141 cm³/mol. The van der Waals surface area contributed by atoms with E-state index in [1.165, 1.54) is 12.1 Å². The molecule has 0 aliphatic heterocycles. The summed E-state index contributed by atoms with van der Waals surface area (Å²) in [5.74, 6) is 0.306. The van der Waals surface area contributed by atoms with Gasteiger partial charge in [-0.15, -0.1) is 0 Å². The molecule has 1 atom stereocenters. The number of hydrogen-bond acceptors (Lipinski definition) is 5. The molecule has 1 saturated carbocycles. The Bertz CT molecular complexity index is 1680. The standard InChI is InChI=1S/C28H25FN4O3S/c29-22-5-7-24(8-6-22)33-28-12-9-25(15-21(28)17-31-33)36-18-23(32-37(34,35)26-10-11-26)14-19-13-20-3-1-2-4-27(20)30-16-19/h1-9,12-13,15-17,23,26,32H,10-11,14,18H2. The van der Waals surface area contributed by atoms with Crippen molar-refractivity contribution in [3.63, 3.8) is 0 Å². The van der Waals surface area contributed by atoms with Crippen molar-refractivity contribution in [1.29, 1.82) is 0 Å². The zero-order chi connectivity index (χ0) is 25.4. The third kappa shape index (κ3) is 5.19. The van der Waals surface area contributed by atoms with E-state index < -0.39 is 16.1 Å². The van der Waals surface area contributed by atoms with Gasteiger partial charge in [0.05, 0.1) is 34.2 Å². The van der Waals surface area contributed by atoms with Gasteiger partial charge in [0.2, 0.25) is 10.0 Å². The Labute approximate surface area is 214 Å². The summed E-state index contributed by atoms with van der Waals surface area (Å²) < 4.78 is 49.5. The molecule has 1 aliphatic carbocycles. The molecule has 1 fully saturated rings. The van der Waals surface area contributed by atoms with E-state index in [0.29, 0.717) is 25.0 Å². The summed E-state index contributed by atoms with van der Waals surface area (Å²) in [4.78, 5) is 4.51. The summed E-state index contributed by atoms with van der Waals surface area (Å²) in [5, 5.41) is 5.97. The van der Waals surface area contributed by atoms with Gasteiger partial charge in [0, 0.05) is 17.0 Å². The first-order chi connectivity index (χ1) is 17.9. The Morgan fingerprint density at radius 2 is 1.81 bits per heavy atom. The lowest BCUT2D eigenvalue weighted by molar-refractivity contribution is 0.278. The molecule has 6 rings (SSSR count). The summed E-state index contributed by atoms with van der Waals surface area (Å²) in [7, 11) is -3.41. The van der Waals surface area contributed by atoms with Crippen molar-refractivity contribution in [2.45, 2.75) is 30.6 Å². The van der Waals surface area contributed by atoms with Gasteiger partial charge in [0.1, 0.15) is 18.2 Å². The summed E-state index contributed by atoms with van der Waals surface area (Å²) in [6.07, 6.45) is 5.34. The third-order valence-electron chi connectivity index (χ3n) is 6.49.